The monoisotopic (exact) mass is 445 g/mol. The zero-order valence-corrected chi connectivity index (χ0v) is 19.2. The molecule has 0 bridgehead atoms. The van der Waals surface area contributed by atoms with Crippen LogP contribution < -0.4 is 15.4 Å². The number of carbonyl (C=O) groups is 1. The van der Waals surface area contributed by atoms with Gasteiger partial charge in [0.2, 0.25) is 11.6 Å². The number of carbonyl (C=O) groups excluding carboxylic acids is 1. The van der Waals surface area contributed by atoms with Crippen LogP contribution in [0.4, 0.5) is 11.5 Å². The molecule has 1 amide bonds. The number of rotatable bonds is 8. The van der Waals surface area contributed by atoms with Gasteiger partial charge in [-0.3, -0.25) is 14.5 Å². The lowest BCUT2D eigenvalue weighted by atomic mass is 10.0. The molecule has 0 aliphatic heterocycles. The summed E-state index contributed by atoms with van der Waals surface area (Å²) in [5.74, 6) is 1.17. The van der Waals surface area contributed by atoms with Gasteiger partial charge >= 0.3 is 0 Å². The highest BCUT2D eigenvalue weighted by atomic mass is 16.5. The maximum atomic E-state index is 12.5. The summed E-state index contributed by atoms with van der Waals surface area (Å²) in [5.41, 5.74) is 4.94. The van der Waals surface area contributed by atoms with Crippen LogP contribution in [0, 0.1) is 6.92 Å². The summed E-state index contributed by atoms with van der Waals surface area (Å²) in [5, 5.41) is 10.8. The van der Waals surface area contributed by atoms with Crippen molar-refractivity contribution < 1.29 is 9.53 Å². The summed E-state index contributed by atoms with van der Waals surface area (Å²) < 4.78 is 6.92. The fourth-order valence-electron chi connectivity index (χ4n) is 3.57. The Morgan fingerprint density at radius 2 is 2.03 bits per heavy atom. The summed E-state index contributed by atoms with van der Waals surface area (Å²) in [4.78, 5) is 25.8. The molecular formula is C24H27N7O2. The second-order valence-electron chi connectivity index (χ2n) is 7.80. The molecule has 9 heteroatoms. The zero-order chi connectivity index (χ0) is 23.4. The first-order valence-electron chi connectivity index (χ1n) is 10.8. The molecule has 0 unspecified atom stereocenters. The van der Waals surface area contributed by atoms with Gasteiger partial charge in [0.05, 0.1) is 38.2 Å². The van der Waals surface area contributed by atoms with Crippen molar-refractivity contribution in [2.75, 3.05) is 17.7 Å². The van der Waals surface area contributed by atoms with E-state index in [2.05, 4.69) is 30.7 Å². The Kier molecular flexibility index (Phi) is 6.48. The lowest BCUT2D eigenvalue weighted by Gasteiger charge is -2.18. The van der Waals surface area contributed by atoms with E-state index in [9.17, 15) is 4.79 Å². The fourth-order valence-corrected chi connectivity index (χ4v) is 3.57. The Hall–Kier alpha value is -4.01. The maximum Gasteiger partial charge on any atom is 0.230 e. The molecule has 33 heavy (non-hydrogen) atoms. The molecule has 4 aromatic rings. The molecule has 9 nitrogen and oxygen atoms in total. The van der Waals surface area contributed by atoms with Crippen LogP contribution in [0.5, 0.6) is 5.75 Å². The van der Waals surface area contributed by atoms with Crippen LogP contribution in [-0.2, 0) is 17.8 Å². The molecule has 3 heterocycles. The molecule has 0 radical (unpaired) electrons. The highest BCUT2D eigenvalue weighted by molar-refractivity contribution is 5.92. The van der Waals surface area contributed by atoms with Gasteiger partial charge in [0, 0.05) is 17.9 Å². The fraction of sp³-hybridized carbons (Fsp3) is 0.292. The number of hydrogen-bond acceptors (Lipinski definition) is 7. The first-order chi connectivity index (χ1) is 15.9. The third-order valence-electron chi connectivity index (χ3n) is 5.37. The zero-order valence-electron chi connectivity index (χ0n) is 19.2. The Bertz CT molecular complexity index is 1270. The Morgan fingerprint density at radius 3 is 2.76 bits per heavy atom. The highest BCUT2D eigenvalue weighted by Gasteiger charge is 2.13. The molecule has 0 saturated carbocycles. The Morgan fingerprint density at radius 1 is 1.18 bits per heavy atom. The average Bonchev–Trinajstić information content (AvgIpc) is 3.23. The molecule has 1 atom stereocenters. The van der Waals surface area contributed by atoms with Gasteiger partial charge < -0.3 is 15.4 Å². The number of ether oxygens (including phenoxy) is 1. The van der Waals surface area contributed by atoms with E-state index < -0.39 is 0 Å². The number of anilines is 2. The number of aromatic nitrogens is 5. The minimum absolute atomic E-state index is 0.0508. The maximum absolute atomic E-state index is 12.5. The lowest BCUT2D eigenvalue weighted by Crippen LogP contribution is -2.16. The van der Waals surface area contributed by atoms with Gasteiger partial charge in [-0.2, -0.15) is 5.10 Å². The van der Waals surface area contributed by atoms with Crippen molar-refractivity contribution >= 4 is 28.6 Å². The molecule has 3 aromatic heterocycles. The van der Waals surface area contributed by atoms with Crippen LogP contribution in [0.3, 0.4) is 0 Å². The number of benzene rings is 1. The first-order valence-corrected chi connectivity index (χ1v) is 10.8. The number of amides is 1. The summed E-state index contributed by atoms with van der Waals surface area (Å²) >= 11 is 0. The number of nitrogens with one attached hydrogen (secondary N) is 2. The summed E-state index contributed by atoms with van der Waals surface area (Å²) in [6.45, 7) is 6.88. The van der Waals surface area contributed by atoms with Gasteiger partial charge in [-0.05, 0) is 56.2 Å². The van der Waals surface area contributed by atoms with E-state index in [0.29, 0.717) is 22.9 Å². The minimum Gasteiger partial charge on any atom is -0.495 e. The van der Waals surface area contributed by atoms with E-state index in [-0.39, 0.29) is 18.4 Å². The highest BCUT2D eigenvalue weighted by Crippen LogP contribution is 2.25. The smallest absolute Gasteiger partial charge is 0.230 e. The van der Waals surface area contributed by atoms with Crippen LogP contribution in [0.25, 0.3) is 11.2 Å². The predicted octanol–water partition coefficient (Wildman–Crippen LogP) is 3.91. The van der Waals surface area contributed by atoms with Crippen LogP contribution in [0.2, 0.25) is 0 Å². The normalized spacial score (nSPS) is 11.9. The Labute approximate surface area is 192 Å². The van der Waals surface area contributed by atoms with E-state index in [1.165, 1.54) is 0 Å². The number of pyridine rings is 1. The van der Waals surface area contributed by atoms with Crippen LogP contribution in [-0.4, -0.2) is 37.7 Å². The molecule has 4 rings (SSSR count). The van der Waals surface area contributed by atoms with Crippen molar-refractivity contribution in [1.82, 2.24) is 24.7 Å². The van der Waals surface area contributed by atoms with Gasteiger partial charge in [-0.25, -0.2) is 9.97 Å². The molecule has 0 fully saturated rings. The molecule has 2 N–H and O–H groups in total. The molecule has 170 valence electrons. The first kappa shape index (κ1) is 22.2. The molecule has 0 aliphatic carbocycles. The van der Waals surface area contributed by atoms with Gasteiger partial charge in [0.1, 0.15) is 17.1 Å². The topological polar surface area (TPSA) is 107 Å². The van der Waals surface area contributed by atoms with E-state index in [1.54, 1.807) is 31.6 Å². The number of fused-ring (bicyclic) bond motifs is 1. The van der Waals surface area contributed by atoms with Crippen molar-refractivity contribution in [1.29, 1.82) is 0 Å². The SMILES string of the molecule is CCn1cc2ncc(N[C@@H](C)c3cc(NC(=O)Cc4ccc(OC)cn4)ccc3C)nc2n1. The van der Waals surface area contributed by atoms with E-state index in [4.69, 9.17) is 4.74 Å². The van der Waals surface area contributed by atoms with Gasteiger partial charge in [0.25, 0.3) is 0 Å². The number of hydrogen-bond donors (Lipinski definition) is 2. The second-order valence-corrected chi connectivity index (χ2v) is 7.80. The van der Waals surface area contributed by atoms with Crippen molar-refractivity contribution in [2.45, 2.75) is 39.8 Å². The second kappa shape index (κ2) is 9.64. The molecule has 0 aliphatic rings. The largest absolute Gasteiger partial charge is 0.495 e. The quantitative estimate of drug-likeness (QED) is 0.423. The molecule has 0 saturated heterocycles. The average molecular weight is 446 g/mol. The van der Waals surface area contributed by atoms with E-state index >= 15 is 0 Å². The number of nitrogens with zero attached hydrogens (tertiary/aromatic N) is 5. The van der Waals surface area contributed by atoms with Crippen molar-refractivity contribution in [3.05, 3.63) is 65.7 Å². The van der Waals surface area contributed by atoms with Crippen LogP contribution >= 0.6 is 0 Å². The lowest BCUT2D eigenvalue weighted by molar-refractivity contribution is -0.115. The van der Waals surface area contributed by atoms with Crippen LogP contribution in [0.1, 0.15) is 36.7 Å². The minimum atomic E-state index is -0.133. The predicted molar refractivity (Wildman–Crippen MR) is 127 cm³/mol. The molecule has 1 aromatic carbocycles. The Balaban J connectivity index is 1.45. The third-order valence-corrected chi connectivity index (χ3v) is 5.37. The van der Waals surface area contributed by atoms with Crippen molar-refractivity contribution in [3.63, 3.8) is 0 Å². The van der Waals surface area contributed by atoms with Gasteiger partial charge in [-0.15, -0.1) is 0 Å². The standard InChI is InChI=1S/C24H27N7O2/c1-5-31-14-21-24(30-31)29-22(13-26-21)27-16(3)20-10-18(7-6-15(20)2)28-23(32)11-17-8-9-19(33-4)12-25-17/h6-10,12-14,16H,5,11H2,1-4H3,(H,28,32)(H,27,29,30)/t16-/m0/s1. The van der Waals surface area contributed by atoms with E-state index in [0.717, 1.165) is 28.9 Å². The van der Waals surface area contributed by atoms with Crippen molar-refractivity contribution in [3.8, 4) is 5.75 Å². The number of aryl methyl sites for hydroxylation is 2. The molecular weight excluding hydrogens is 418 g/mol. The van der Waals surface area contributed by atoms with Crippen molar-refractivity contribution in [2.24, 2.45) is 0 Å². The van der Waals surface area contributed by atoms with E-state index in [1.807, 2.05) is 49.8 Å². The number of methoxy groups -OCH3 is 1. The summed E-state index contributed by atoms with van der Waals surface area (Å²) in [7, 11) is 1.58. The van der Waals surface area contributed by atoms with Crippen LogP contribution in [0.15, 0.2) is 48.9 Å². The third kappa shape index (κ3) is 5.25. The van der Waals surface area contributed by atoms with Gasteiger partial charge in [0.15, 0.2) is 0 Å². The molecule has 0 spiro atoms. The summed E-state index contributed by atoms with van der Waals surface area (Å²) in [6.07, 6.45) is 5.38. The van der Waals surface area contributed by atoms with Gasteiger partial charge in [-0.1, -0.05) is 6.07 Å². The summed E-state index contributed by atoms with van der Waals surface area (Å²) in [6, 6.07) is 9.39.